The topological polar surface area (TPSA) is 52.7 Å². The predicted molar refractivity (Wildman–Crippen MR) is 77.4 cm³/mol. The SMILES string of the molecule is Cl.c1cc2[nH]ncc2cc1NCC1CCNCC1. The highest BCUT2D eigenvalue weighted by Gasteiger charge is 2.12. The van der Waals surface area contributed by atoms with Gasteiger partial charge in [0.2, 0.25) is 0 Å². The zero-order valence-electron chi connectivity index (χ0n) is 10.3. The molecule has 0 bridgehead atoms. The van der Waals surface area contributed by atoms with E-state index in [9.17, 15) is 0 Å². The molecular weight excluding hydrogens is 248 g/mol. The molecule has 3 N–H and O–H groups in total. The highest BCUT2D eigenvalue weighted by Crippen LogP contribution is 2.18. The molecule has 1 aromatic heterocycles. The fourth-order valence-electron chi connectivity index (χ4n) is 2.40. The minimum absolute atomic E-state index is 0. The average Bonchev–Trinajstić information content (AvgIpc) is 2.85. The van der Waals surface area contributed by atoms with Gasteiger partial charge in [-0.3, -0.25) is 5.10 Å². The molecule has 0 radical (unpaired) electrons. The van der Waals surface area contributed by atoms with E-state index in [1.165, 1.54) is 23.9 Å². The molecule has 1 aliphatic heterocycles. The van der Waals surface area contributed by atoms with Crippen molar-refractivity contribution < 1.29 is 0 Å². The van der Waals surface area contributed by atoms with Crippen LogP contribution in [0.25, 0.3) is 10.9 Å². The van der Waals surface area contributed by atoms with Gasteiger partial charge in [0.25, 0.3) is 0 Å². The van der Waals surface area contributed by atoms with Crippen molar-refractivity contribution in [1.29, 1.82) is 0 Å². The van der Waals surface area contributed by atoms with Crippen LogP contribution in [0.2, 0.25) is 0 Å². The zero-order chi connectivity index (χ0) is 11.5. The summed E-state index contributed by atoms with van der Waals surface area (Å²) in [5, 5.41) is 15.1. The monoisotopic (exact) mass is 266 g/mol. The third-order valence-corrected chi connectivity index (χ3v) is 3.49. The third-order valence-electron chi connectivity index (χ3n) is 3.49. The maximum absolute atomic E-state index is 4.03. The third kappa shape index (κ3) is 2.94. The Morgan fingerprint density at radius 3 is 2.94 bits per heavy atom. The van der Waals surface area contributed by atoms with Crippen molar-refractivity contribution in [3.63, 3.8) is 0 Å². The van der Waals surface area contributed by atoms with E-state index >= 15 is 0 Å². The van der Waals surface area contributed by atoms with Crippen LogP contribution in [-0.4, -0.2) is 29.8 Å². The molecule has 1 aliphatic rings. The van der Waals surface area contributed by atoms with Crippen molar-refractivity contribution in [2.75, 3.05) is 25.0 Å². The molecule has 1 fully saturated rings. The molecule has 4 nitrogen and oxygen atoms in total. The van der Waals surface area contributed by atoms with Gasteiger partial charge in [0.15, 0.2) is 0 Å². The maximum Gasteiger partial charge on any atom is 0.0651 e. The zero-order valence-corrected chi connectivity index (χ0v) is 11.1. The van der Waals surface area contributed by atoms with Crippen molar-refractivity contribution in [3.8, 4) is 0 Å². The van der Waals surface area contributed by atoms with Gasteiger partial charge < -0.3 is 10.6 Å². The molecule has 0 aliphatic carbocycles. The van der Waals surface area contributed by atoms with Crippen LogP contribution < -0.4 is 10.6 Å². The highest BCUT2D eigenvalue weighted by atomic mass is 35.5. The number of rotatable bonds is 3. The second-order valence-electron chi connectivity index (χ2n) is 4.75. The quantitative estimate of drug-likeness (QED) is 0.800. The molecule has 2 heterocycles. The number of nitrogens with one attached hydrogen (secondary N) is 3. The van der Waals surface area contributed by atoms with Gasteiger partial charge in [0.05, 0.1) is 11.7 Å². The summed E-state index contributed by atoms with van der Waals surface area (Å²) in [6.45, 7) is 3.39. The lowest BCUT2D eigenvalue weighted by atomic mass is 9.98. The highest BCUT2D eigenvalue weighted by molar-refractivity contribution is 5.85. The first-order chi connectivity index (χ1) is 8.42. The van der Waals surface area contributed by atoms with Crippen molar-refractivity contribution in [3.05, 3.63) is 24.4 Å². The van der Waals surface area contributed by atoms with Crippen LogP contribution in [0.5, 0.6) is 0 Å². The Kier molecular flexibility index (Phi) is 4.44. The molecule has 5 heteroatoms. The van der Waals surface area contributed by atoms with E-state index in [0.29, 0.717) is 0 Å². The maximum atomic E-state index is 4.03. The molecule has 0 unspecified atom stereocenters. The van der Waals surface area contributed by atoms with Crippen LogP contribution in [0.3, 0.4) is 0 Å². The summed E-state index contributed by atoms with van der Waals surface area (Å²) in [5.74, 6) is 0.802. The standard InChI is InChI=1S/C13H18N4.ClH/c1-2-13-11(9-16-17-13)7-12(1)15-8-10-3-5-14-6-4-10;/h1-2,7,9-10,14-15H,3-6,8H2,(H,16,17);1H. The Balaban J connectivity index is 0.00000120. The normalized spacial score (nSPS) is 16.4. The van der Waals surface area contributed by atoms with E-state index in [4.69, 9.17) is 0 Å². The summed E-state index contributed by atoms with van der Waals surface area (Å²) in [6.07, 6.45) is 4.42. The summed E-state index contributed by atoms with van der Waals surface area (Å²) in [6, 6.07) is 6.34. The molecule has 2 aromatic rings. The molecule has 98 valence electrons. The number of nitrogens with zero attached hydrogens (tertiary/aromatic N) is 1. The van der Waals surface area contributed by atoms with E-state index in [1.807, 2.05) is 6.20 Å². The first kappa shape index (κ1) is 13.2. The van der Waals surface area contributed by atoms with Crippen molar-refractivity contribution in [2.45, 2.75) is 12.8 Å². The van der Waals surface area contributed by atoms with Gasteiger partial charge in [-0.1, -0.05) is 0 Å². The Labute approximate surface area is 113 Å². The fraction of sp³-hybridized carbons (Fsp3) is 0.462. The largest absolute Gasteiger partial charge is 0.385 e. The van der Waals surface area contributed by atoms with Crippen molar-refractivity contribution in [2.24, 2.45) is 5.92 Å². The van der Waals surface area contributed by atoms with E-state index in [0.717, 1.165) is 31.1 Å². The second-order valence-corrected chi connectivity index (χ2v) is 4.75. The van der Waals surface area contributed by atoms with E-state index in [-0.39, 0.29) is 12.4 Å². The molecule has 1 saturated heterocycles. The first-order valence-corrected chi connectivity index (χ1v) is 6.29. The first-order valence-electron chi connectivity index (χ1n) is 6.29. The van der Waals surface area contributed by atoms with Gasteiger partial charge in [-0.15, -0.1) is 12.4 Å². The van der Waals surface area contributed by atoms with Crippen molar-refractivity contribution in [1.82, 2.24) is 15.5 Å². The van der Waals surface area contributed by atoms with Gasteiger partial charge >= 0.3 is 0 Å². The van der Waals surface area contributed by atoms with Crippen LogP contribution in [0.15, 0.2) is 24.4 Å². The smallest absolute Gasteiger partial charge is 0.0651 e. The van der Waals surface area contributed by atoms with E-state index in [1.54, 1.807) is 0 Å². The average molecular weight is 267 g/mol. The summed E-state index contributed by atoms with van der Waals surface area (Å²) in [7, 11) is 0. The number of H-pyrrole nitrogens is 1. The number of piperidine rings is 1. The van der Waals surface area contributed by atoms with Crippen molar-refractivity contribution >= 4 is 29.0 Å². The molecule has 0 spiro atoms. The Morgan fingerprint density at radius 1 is 1.28 bits per heavy atom. The summed E-state index contributed by atoms with van der Waals surface area (Å²) < 4.78 is 0. The number of benzene rings is 1. The minimum Gasteiger partial charge on any atom is -0.385 e. The number of fused-ring (bicyclic) bond motifs is 1. The van der Waals surface area contributed by atoms with E-state index in [2.05, 4.69) is 39.0 Å². The van der Waals surface area contributed by atoms with Crippen LogP contribution in [-0.2, 0) is 0 Å². The number of hydrogen-bond donors (Lipinski definition) is 3. The lowest BCUT2D eigenvalue weighted by Crippen LogP contribution is -2.31. The molecular formula is C13H19ClN4. The number of aromatic nitrogens is 2. The van der Waals surface area contributed by atoms with Crippen LogP contribution in [0, 0.1) is 5.92 Å². The van der Waals surface area contributed by atoms with Gasteiger partial charge in [-0.25, -0.2) is 0 Å². The number of hydrogen-bond acceptors (Lipinski definition) is 3. The Bertz CT molecular complexity index is 490. The minimum atomic E-state index is 0. The number of halogens is 1. The van der Waals surface area contributed by atoms with Crippen LogP contribution in [0.1, 0.15) is 12.8 Å². The van der Waals surface area contributed by atoms with Crippen LogP contribution in [0.4, 0.5) is 5.69 Å². The second kappa shape index (κ2) is 6.07. The predicted octanol–water partition coefficient (Wildman–Crippen LogP) is 2.40. The Morgan fingerprint density at radius 2 is 2.11 bits per heavy atom. The molecule has 1 aromatic carbocycles. The van der Waals surface area contributed by atoms with Crippen LogP contribution >= 0.6 is 12.4 Å². The molecule has 0 atom stereocenters. The molecule has 3 rings (SSSR count). The molecule has 18 heavy (non-hydrogen) atoms. The molecule has 0 saturated carbocycles. The van der Waals surface area contributed by atoms with Gasteiger partial charge in [-0.05, 0) is 50.0 Å². The lowest BCUT2D eigenvalue weighted by Gasteiger charge is -2.23. The summed E-state index contributed by atoms with van der Waals surface area (Å²) in [5.41, 5.74) is 2.29. The lowest BCUT2D eigenvalue weighted by molar-refractivity contribution is 0.390. The fourth-order valence-corrected chi connectivity index (χ4v) is 2.40. The van der Waals surface area contributed by atoms with Gasteiger partial charge in [0, 0.05) is 17.6 Å². The Hall–Kier alpha value is -1.26. The van der Waals surface area contributed by atoms with Gasteiger partial charge in [0.1, 0.15) is 0 Å². The summed E-state index contributed by atoms with van der Waals surface area (Å²) >= 11 is 0. The summed E-state index contributed by atoms with van der Waals surface area (Å²) in [4.78, 5) is 0. The number of anilines is 1. The van der Waals surface area contributed by atoms with Gasteiger partial charge in [-0.2, -0.15) is 5.10 Å². The van der Waals surface area contributed by atoms with E-state index < -0.39 is 0 Å². The number of aromatic amines is 1. The molecule has 0 amide bonds.